The summed E-state index contributed by atoms with van der Waals surface area (Å²) in [5, 5.41) is 5.96. The summed E-state index contributed by atoms with van der Waals surface area (Å²) in [6.45, 7) is 0. The smallest absolute Gasteiger partial charge is 0.0980 e. The SMILES string of the molecule is CN1C2CCC1CC(n1ncc3ccc(-c4ccoc4)cc31)C2. The van der Waals surface area contributed by atoms with Gasteiger partial charge in [-0.1, -0.05) is 12.1 Å². The quantitative estimate of drug-likeness (QED) is 0.715. The first kappa shape index (κ1) is 13.4. The van der Waals surface area contributed by atoms with Gasteiger partial charge in [0.05, 0.1) is 30.3 Å². The molecule has 2 aliphatic heterocycles. The molecule has 2 aliphatic rings. The summed E-state index contributed by atoms with van der Waals surface area (Å²) in [5.74, 6) is 0. The number of hydrogen-bond donors (Lipinski definition) is 0. The lowest BCUT2D eigenvalue weighted by atomic mass is 9.98. The normalized spacial score (nSPS) is 27.8. The molecular formula is C19H21N3O. The molecule has 2 saturated heterocycles. The zero-order valence-electron chi connectivity index (χ0n) is 13.4. The van der Waals surface area contributed by atoms with Gasteiger partial charge in [0.25, 0.3) is 0 Å². The highest BCUT2D eigenvalue weighted by atomic mass is 16.3. The largest absolute Gasteiger partial charge is 0.472 e. The van der Waals surface area contributed by atoms with E-state index in [4.69, 9.17) is 9.52 Å². The molecule has 4 heterocycles. The molecule has 2 unspecified atom stereocenters. The van der Waals surface area contributed by atoms with Crippen molar-refractivity contribution < 1.29 is 4.42 Å². The Hall–Kier alpha value is -2.07. The number of rotatable bonds is 2. The first-order valence-electron chi connectivity index (χ1n) is 8.51. The second-order valence-corrected chi connectivity index (χ2v) is 7.05. The van der Waals surface area contributed by atoms with Crippen LogP contribution in [0.2, 0.25) is 0 Å². The van der Waals surface area contributed by atoms with Crippen LogP contribution in [0.4, 0.5) is 0 Å². The van der Waals surface area contributed by atoms with Gasteiger partial charge in [-0.2, -0.15) is 5.10 Å². The fraction of sp³-hybridized carbons (Fsp3) is 0.421. The van der Waals surface area contributed by atoms with Crippen LogP contribution in [0, 0.1) is 0 Å². The van der Waals surface area contributed by atoms with Crippen LogP contribution in [0.15, 0.2) is 47.4 Å². The molecule has 2 fully saturated rings. The molecule has 118 valence electrons. The monoisotopic (exact) mass is 307 g/mol. The molecule has 4 nitrogen and oxygen atoms in total. The topological polar surface area (TPSA) is 34.2 Å². The van der Waals surface area contributed by atoms with Crippen molar-refractivity contribution in [3.63, 3.8) is 0 Å². The van der Waals surface area contributed by atoms with Crippen molar-refractivity contribution in [2.45, 2.75) is 43.8 Å². The summed E-state index contributed by atoms with van der Waals surface area (Å²) < 4.78 is 7.50. The van der Waals surface area contributed by atoms with Gasteiger partial charge in [0.15, 0.2) is 0 Å². The van der Waals surface area contributed by atoms with Crippen LogP contribution < -0.4 is 0 Å². The molecular weight excluding hydrogens is 286 g/mol. The van der Waals surface area contributed by atoms with Gasteiger partial charge in [0.2, 0.25) is 0 Å². The molecule has 0 spiro atoms. The Balaban J connectivity index is 1.55. The van der Waals surface area contributed by atoms with E-state index in [2.05, 4.69) is 34.8 Å². The molecule has 2 bridgehead atoms. The Bertz CT molecular complexity index is 822. The molecule has 23 heavy (non-hydrogen) atoms. The number of fused-ring (bicyclic) bond motifs is 3. The second-order valence-electron chi connectivity index (χ2n) is 7.05. The number of nitrogens with zero attached hydrogens (tertiary/aromatic N) is 3. The molecule has 0 N–H and O–H groups in total. The number of hydrogen-bond acceptors (Lipinski definition) is 3. The highest BCUT2D eigenvalue weighted by Crippen LogP contribution is 2.40. The van der Waals surface area contributed by atoms with Crippen LogP contribution in [0.1, 0.15) is 31.7 Å². The Kier molecular flexibility index (Phi) is 2.89. The minimum Gasteiger partial charge on any atom is -0.472 e. The average molecular weight is 307 g/mol. The van der Waals surface area contributed by atoms with Gasteiger partial charge in [-0.05, 0) is 50.4 Å². The standard InChI is InChI=1S/C19H21N3O/c1-21-16-4-5-17(21)10-18(9-16)22-19-8-13(15-6-7-23-12-15)2-3-14(19)11-20-22/h2-3,6-8,11-12,16-18H,4-5,9-10H2,1H3. The molecule has 3 aromatic rings. The Labute approximate surface area is 135 Å². The van der Waals surface area contributed by atoms with Crippen LogP contribution in [0.3, 0.4) is 0 Å². The maximum Gasteiger partial charge on any atom is 0.0980 e. The van der Waals surface area contributed by atoms with Gasteiger partial charge in [0, 0.05) is 23.0 Å². The van der Waals surface area contributed by atoms with Gasteiger partial charge in [-0.25, -0.2) is 0 Å². The first-order chi connectivity index (χ1) is 11.3. The van der Waals surface area contributed by atoms with E-state index in [9.17, 15) is 0 Å². The van der Waals surface area contributed by atoms with E-state index in [-0.39, 0.29) is 0 Å². The summed E-state index contributed by atoms with van der Waals surface area (Å²) in [4.78, 5) is 2.58. The third-order valence-corrected chi connectivity index (χ3v) is 5.87. The highest BCUT2D eigenvalue weighted by molar-refractivity contribution is 5.84. The second kappa shape index (κ2) is 4.96. The molecule has 0 amide bonds. The van der Waals surface area contributed by atoms with Crippen molar-refractivity contribution in [1.29, 1.82) is 0 Å². The van der Waals surface area contributed by atoms with E-state index in [1.165, 1.54) is 42.1 Å². The van der Waals surface area contributed by atoms with Crippen LogP contribution in [0.25, 0.3) is 22.0 Å². The predicted octanol–water partition coefficient (Wildman–Crippen LogP) is 4.09. The predicted molar refractivity (Wildman–Crippen MR) is 90.3 cm³/mol. The van der Waals surface area contributed by atoms with Crippen molar-refractivity contribution in [3.05, 3.63) is 43.0 Å². The molecule has 0 saturated carbocycles. The minimum atomic E-state index is 0.529. The van der Waals surface area contributed by atoms with Crippen LogP contribution in [0.5, 0.6) is 0 Å². The van der Waals surface area contributed by atoms with Crippen LogP contribution >= 0.6 is 0 Å². The third kappa shape index (κ3) is 2.05. The maximum atomic E-state index is 5.23. The lowest BCUT2D eigenvalue weighted by Crippen LogP contribution is -2.40. The molecule has 2 aromatic heterocycles. The summed E-state index contributed by atoms with van der Waals surface area (Å²) in [6.07, 6.45) is 10.7. The molecule has 4 heteroatoms. The summed E-state index contributed by atoms with van der Waals surface area (Å²) in [5.41, 5.74) is 3.57. The number of furan rings is 1. The van der Waals surface area contributed by atoms with Gasteiger partial charge >= 0.3 is 0 Å². The zero-order chi connectivity index (χ0) is 15.4. The van der Waals surface area contributed by atoms with Crippen molar-refractivity contribution in [3.8, 4) is 11.1 Å². The third-order valence-electron chi connectivity index (χ3n) is 5.87. The lowest BCUT2D eigenvalue weighted by Gasteiger charge is -2.36. The number of aromatic nitrogens is 2. The molecule has 2 atom stereocenters. The molecule has 5 rings (SSSR count). The fourth-order valence-corrected chi connectivity index (χ4v) is 4.52. The molecule has 0 aliphatic carbocycles. The molecule has 1 aromatic carbocycles. The number of piperidine rings is 1. The minimum absolute atomic E-state index is 0.529. The lowest BCUT2D eigenvalue weighted by molar-refractivity contribution is 0.133. The van der Waals surface area contributed by atoms with E-state index in [1.807, 2.05) is 12.3 Å². The van der Waals surface area contributed by atoms with Crippen LogP contribution in [-0.2, 0) is 0 Å². The summed E-state index contributed by atoms with van der Waals surface area (Å²) >= 11 is 0. The Morgan fingerprint density at radius 3 is 2.61 bits per heavy atom. The van der Waals surface area contributed by atoms with Crippen molar-refractivity contribution >= 4 is 10.9 Å². The van der Waals surface area contributed by atoms with Crippen molar-refractivity contribution in [2.24, 2.45) is 0 Å². The average Bonchev–Trinajstić information content (AvgIpc) is 3.26. The van der Waals surface area contributed by atoms with E-state index >= 15 is 0 Å². The maximum absolute atomic E-state index is 5.23. The first-order valence-corrected chi connectivity index (χ1v) is 8.51. The summed E-state index contributed by atoms with van der Waals surface area (Å²) in [7, 11) is 2.29. The van der Waals surface area contributed by atoms with E-state index < -0.39 is 0 Å². The zero-order valence-corrected chi connectivity index (χ0v) is 13.4. The summed E-state index contributed by atoms with van der Waals surface area (Å²) in [6, 6.07) is 10.6. The van der Waals surface area contributed by atoms with Gasteiger partial charge < -0.3 is 9.32 Å². The molecule has 0 radical (unpaired) electrons. The Morgan fingerprint density at radius 2 is 1.87 bits per heavy atom. The van der Waals surface area contributed by atoms with Crippen LogP contribution in [-0.4, -0.2) is 33.8 Å². The van der Waals surface area contributed by atoms with Crippen molar-refractivity contribution in [1.82, 2.24) is 14.7 Å². The van der Waals surface area contributed by atoms with Crippen molar-refractivity contribution in [2.75, 3.05) is 7.05 Å². The van der Waals surface area contributed by atoms with Gasteiger partial charge in [-0.3, -0.25) is 4.68 Å². The number of benzene rings is 1. The Morgan fingerprint density at radius 1 is 1.04 bits per heavy atom. The van der Waals surface area contributed by atoms with E-state index in [1.54, 1.807) is 12.5 Å². The van der Waals surface area contributed by atoms with E-state index in [0.717, 1.165) is 17.6 Å². The van der Waals surface area contributed by atoms with Gasteiger partial charge in [0.1, 0.15) is 0 Å². The van der Waals surface area contributed by atoms with E-state index in [0.29, 0.717) is 6.04 Å². The van der Waals surface area contributed by atoms with Gasteiger partial charge in [-0.15, -0.1) is 0 Å². The highest BCUT2D eigenvalue weighted by Gasteiger charge is 2.39. The fourth-order valence-electron chi connectivity index (χ4n) is 4.52.